The highest BCUT2D eigenvalue weighted by Crippen LogP contribution is 2.26. The van der Waals surface area contributed by atoms with Crippen molar-refractivity contribution < 1.29 is 4.79 Å². The zero-order valence-electron chi connectivity index (χ0n) is 8.01. The summed E-state index contributed by atoms with van der Waals surface area (Å²) in [6.45, 7) is 2.17. The molecule has 1 heterocycles. The van der Waals surface area contributed by atoms with E-state index in [0.717, 1.165) is 10.9 Å². The van der Waals surface area contributed by atoms with Crippen LogP contribution < -0.4 is 5.32 Å². The Hall–Kier alpha value is -0.770. The minimum atomic E-state index is -0.00718. The van der Waals surface area contributed by atoms with Gasteiger partial charge >= 0.3 is 0 Å². The Balaban J connectivity index is 1.95. The lowest BCUT2D eigenvalue weighted by atomic mass is 9.81. The van der Waals surface area contributed by atoms with Crippen LogP contribution in [0.25, 0.3) is 0 Å². The number of hydrogen-bond acceptors (Lipinski definition) is 1. The van der Waals surface area contributed by atoms with Crippen molar-refractivity contribution >= 4 is 21.8 Å². The Morgan fingerprint density at radius 2 is 2.43 bits per heavy atom. The van der Waals surface area contributed by atoms with Gasteiger partial charge in [-0.1, -0.05) is 6.92 Å². The summed E-state index contributed by atoms with van der Waals surface area (Å²) in [4.78, 5) is 14.6. The van der Waals surface area contributed by atoms with Gasteiger partial charge < -0.3 is 10.3 Å². The van der Waals surface area contributed by atoms with Crippen LogP contribution in [0.4, 0.5) is 0 Å². The van der Waals surface area contributed by atoms with E-state index in [0.29, 0.717) is 17.7 Å². The van der Waals surface area contributed by atoms with Crippen molar-refractivity contribution in [3.05, 3.63) is 22.4 Å². The molecule has 0 bridgehead atoms. The number of carbonyl (C=O) groups excluding carboxylic acids is 1. The van der Waals surface area contributed by atoms with Crippen LogP contribution >= 0.6 is 15.9 Å². The molecular weight excluding hydrogens is 244 g/mol. The lowest BCUT2D eigenvalue weighted by Crippen LogP contribution is -2.45. The molecule has 2 N–H and O–H groups in total. The first kappa shape index (κ1) is 9.77. The minimum Gasteiger partial charge on any atom is -0.356 e. The number of halogens is 1. The van der Waals surface area contributed by atoms with Crippen LogP contribution in [0.15, 0.2) is 16.7 Å². The Labute approximate surface area is 91.4 Å². The van der Waals surface area contributed by atoms with Gasteiger partial charge in [-0.3, -0.25) is 4.79 Å². The average Bonchev–Trinajstić information content (AvgIpc) is 2.58. The molecule has 0 aromatic carbocycles. The minimum absolute atomic E-state index is 0.00718. The molecule has 4 heteroatoms. The van der Waals surface area contributed by atoms with E-state index in [1.165, 1.54) is 6.42 Å². The first-order valence-corrected chi connectivity index (χ1v) is 5.61. The van der Waals surface area contributed by atoms with Crippen molar-refractivity contribution in [2.24, 2.45) is 5.92 Å². The van der Waals surface area contributed by atoms with Crippen LogP contribution in [0.3, 0.4) is 0 Å². The second-order valence-corrected chi connectivity index (χ2v) is 4.78. The van der Waals surface area contributed by atoms with Crippen molar-refractivity contribution in [2.45, 2.75) is 25.8 Å². The normalized spacial score (nSPS) is 25.6. The molecule has 2 atom stereocenters. The zero-order chi connectivity index (χ0) is 10.1. The highest BCUT2D eigenvalue weighted by Gasteiger charge is 2.28. The third-order valence-electron chi connectivity index (χ3n) is 2.83. The summed E-state index contributed by atoms with van der Waals surface area (Å²) in [7, 11) is 0. The molecule has 76 valence electrons. The first-order chi connectivity index (χ1) is 6.66. The molecular formula is C10H13BrN2O. The molecule has 1 aliphatic rings. The van der Waals surface area contributed by atoms with Crippen LogP contribution in [0.2, 0.25) is 0 Å². The Morgan fingerprint density at radius 1 is 1.64 bits per heavy atom. The molecule has 1 aromatic heterocycles. The summed E-state index contributed by atoms with van der Waals surface area (Å²) in [5.41, 5.74) is 0.621. The fourth-order valence-corrected chi connectivity index (χ4v) is 1.97. The van der Waals surface area contributed by atoms with Crippen molar-refractivity contribution in [1.82, 2.24) is 10.3 Å². The van der Waals surface area contributed by atoms with Crippen LogP contribution in [-0.4, -0.2) is 16.9 Å². The van der Waals surface area contributed by atoms with E-state index < -0.39 is 0 Å². The largest absolute Gasteiger partial charge is 0.356 e. The smallest absolute Gasteiger partial charge is 0.267 e. The molecule has 3 nitrogen and oxygen atoms in total. The highest BCUT2D eigenvalue weighted by molar-refractivity contribution is 9.10. The molecule has 1 aromatic rings. The van der Waals surface area contributed by atoms with Gasteiger partial charge in [-0.25, -0.2) is 0 Å². The summed E-state index contributed by atoms with van der Waals surface area (Å²) in [6.07, 6.45) is 4.09. The van der Waals surface area contributed by atoms with Gasteiger partial charge in [0.15, 0.2) is 0 Å². The standard InChI is InChI=1S/C10H13BrN2O/c1-6-2-3-8(6)13-10(14)9-4-7(11)5-12-9/h4-6,8,12H,2-3H2,1H3,(H,13,14). The number of rotatable bonds is 2. The van der Waals surface area contributed by atoms with E-state index in [4.69, 9.17) is 0 Å². The summed E-state index contributed by atoms with van der Waals surface area (Å²) in [6, 6.07) is 2.16. The molecule has 1 amide bonds. The van der Waals surface area contributed by atoms with Crippen LogP contribution in [0.1, 0.15) is 30.3 Å². The number of H-pyrrole nitrogens is 1. The third kappa shape index (κ3) is 1.85. The SMILES string of the molecule is CC1CCC1NC(=O)c1cc(Br)c[nH]1. The van der Waals surface area contributed by atoms with Gasteiger partial charge in [-0.2, -0.15) is 0 Å². The number of amides is 1. The number of hydrogen-bond donors (Lipinski definition) is 2. The monoisotopic (exact) mass is 256 g/mol. The lowest BCUT2D eigenvalue weighted by Gasteiger charge is -2.34. The van der Waals surface area contributed by atoms with Gasteiger partial charge in [-0.15, -0.1) is 0 Å². The quantitative estimate of drug-likeness (QED) is 0.838. The van der Waals surface area contributed by atoms with Gasteiger partial charge in [0.2, 0.25) is 0 Å². The fourth-order valence-electron chi connectivity index (χ4n) is 1.63. The first-order valence-electron chi connectivity index (χ1n) is 4.81. The second-order valence-electron chi connectivity index (χ2n) is 3.87. The fraction of sp³-hybridized carbons (Fsp3) is 0.500. The molecule has 1 saturated carbocycles. The molecule has 1 aliphatic carbocycles. The van der Waals surface area contributed by atoms with E-state index in [1.54, 1.807) is 12.3 Å². The van der Waals surface area contributed by atoms with Crippen molar-refractivity contribution in [3.63, 3.8) is 0 Å². The van der Waals surface area contributed by atoms with E-state index in [-0.39, 0.29) is 5.91 Å². The number of aromatic nitrogens is 1. The third-order valence-corrected chi connectivity index (χ3v) is 3.29. The van der Waals surface area contributed by atoms with Crippen LogP contribution in [0, 0.1) is 5.92 Å². The molecule has 0 radical (unpaired) electrons. The van der Waals surface area contributed by atoms with Crippen molar-refractivity contribution in [2.75, 3.05) is 0 Å². The second kappa shape index (κ2) is 3.77. The van der Waals surface area contributed by atoms with E-state index in [9.17, 15) is 4.79 Å². The average molecular weight is 257 g/mol. The molecule has 0 spiro atoms. The van der Waals surface area contributed by atoms with Gasteiger partial charge in [0.05, 0.1) is 0 Å². The maximum atomic E-state index is 11.6. The Kier molecular flexibility index (Phi) is 2.63. The molecule has 1 fully saturated rings. The van der Waals surface area contributed by atoms with Crippen molar-refractivity contribution in [3.8, 4) is 0 Å². The van der Waals surface area contributed by atoms with E-state index in [1.807, 2.05) is 0 Å². The summed E-state index contributed by atoms with van der Waals surface area (Å²) < 4.78 is 0.907. The van der Waals surface area contributed by atoms with Gasteiger partial charge in [-0.05, 0) is 40.8 Å². The topological polar surface area (TPSA) is 44.9 Å². The lowest BCUT2D eigenvalue weighted by molar-refractivity contribution is 0.0880. The molecule has 2 unspecified atom stereocenters. The molecule has 2 rings (SSSR count). The highest BCUT2D eigenvalue weighted by atomic mass is 79.9. The summed E-state index contributed by atoms with van der Waals surface area (Å²) in [5.74, 6) is 0.615. The van der Waals surface area contributed by atoms with Gasteiger partial charge in [0.25, 0.3) is 5.91 Å². The molecule has 0 aliphatic heterocycles. The number of carbonyl (C=O) groups is 1. The predicted molar refractivity (Wildman–Crippen MR) is 58.1 cm³/mol. The van der Waals surface area contributed by atoms with E-state index in [2.05, 4.69) is 33.2 Å². The molecule has 14 heavy (non-hydrogen) atoms. The maximum Gasteiger partial charge on any atom is 0.267 e. The Bertz CT molecular complexity index is 348. The zero-order valence-corrected chi connectivity index (χ0v) is 9.60. The van der Waals surface area contributed by atoms with Crippen LogP contribution in [0.5, 0.6) is 0 Å². The van der Waals surface area contributed by atoms with Crippen LogP contribution in [-0.2, 0) is 0 Å². The van der Waals surface area contributed by atoms with Gasteiger partial charge in [0.1, 0.15) is 5.69 Å². The summed E-state index contributed by atoms with van der Waals surface area (Å²) in [5, 5.41) is 3.00. The maximum absolute atomic E-state index is 11.6. The number of aromatic amines is 1. The molecule has 0 saturated heterocycles. The van der Waals surface area contributed by atoms with Gasteiger partial charge in [0, 0.05) is 16.7 Å². The Morgan fingerprint density at radius 3 is 2.86 bits per heavy atom. The summed E-state index contributed by atoms with van der Waals surface area (Å²) >= 11 is 3.30. The predicted octanol–water partition coefficient (Wildman–Crippen LogP) is 2.31. The van der Waals surface area contributed by atoms with Crippen molar-refractivity contribution in [1.29, 1.82) is 0 Å². The number of nitrogens with one attached hydrogen (secondary N) is 2. The van der Waals surface area contributed by atoms with E-state index >= 15 is 0 Å².